The van der Waals surface area contributed by atoms with Gasteiger partial charge in [-0.3, -0.25) is 9.48 Å². The van der Waals surface area contributed by atoms with E-state index < -0.39 is 0 Å². The van der Waals surface area contributed by atoms with Crippen molar-refractivity contribution in [3.05, 3.63) is 18.0 Å². The molecule has 1 aromatic rings. The van der Waals surface area contributed by atoms with Crippen molar-refractivity contribution in [1.82, 2.24) is 15.1 Å². The molecule has 1 heterocycles. The van der Waals surface area contributed by atoms with Gasteiger partial charge in [0.25, 0.3) is 5.91 Å². The van der Waals surface area contributed by atoms with Crippen LogP contribution in [-0.2, 0) is 7.05 Å². The minimum atomic E-state index is -0.0140. The van der Waals surface area contributed by atoms with Crippen LogP contribution in [0.5, 0.6) is 0 Å². The number of amides is 1. The molecule has 18 heavy (non-hydrogen) atoms. The number of nitrogens with one attached hydrogen (secondary N) is 1. The molecule has 0 aliphatic heterocycles. The lowest BCUT2D eigenvalue weighted by Gasteiger charge is -2.34. The molecule has 2 rings (SSSR count). The first-order chi connectivity index (χ1) is 8.48. The van der Waals surface area contributed by atoms with Crippen LogP contribution in [0.25, 0.3) is 0 Å². The molecule has 1 fully saturated rings. The van der Waals surface area contributed by atoms with Crippen molar-refractivity contribution in [3.8, 4) is 0 Å². The molecule has 1 aliphatic rings. The number of hydrogen-bond donors (Lipinski definition) is 1. The monoisotopic (exact) mass is 249 g/mol. The van der Waals surface area contributed by atoms with Crippen LogP contribution in [0.2, 0.25) is 0 Å². The highest BCUT2D eigenvalue weighted by Crippen LogP contribution is 2.37. The largest absolute Gasteiger partial charge is 0.350 e. The Morgan fingerprint density at radius 3 is 2.72 bits per heavy atom. The van der Waals surface area contributed by atoms with Crippen LogP contribution in [0.3, 0.4) is 0 Å². The second-order valence-corrected chi connectivity index (χ2v) is 6.16. The zero-order valence-electron chi connectivity index (χ0n) is 11.6. The van der Waals surface area contributed by atoms with E-state index in [0.29, 0.717) is 17.0 Å². The zero-order chi connectivity index (χ0) is 13.2. The first-order valence-electron chi connectivity index (χ1n) is 6.74. The quantitative estimate of drug-likeness (QED) is 0.894. The summed E-state index contributed by atoms with van der Waals surface area (Å²) >= 11 is 0. The average molecular weight is 249 g/mol. The molecule has 0 unspecified atom stereocenters. The van der Waals surface area contributed by atoms with Gasteiger partial charge in [0.2, 0.25) is 0 Å². The normalized spacial score (nSPS) is 19.7. The number of rotatable bonds is 3. The second kappa shape index (κ2) is 5.12. The third-order valence-corrected chi connectivity index (χ3v) is 4.06. The van der Waals surface area contributed by atoms with Crippen LogP contribution < -0.4 is 5.32 Å². The van der Waals surface area contributed by atoms with Crippen molar-refractivity contribution in [2.45, 2.75) is 39.5 Å². The number of aromatic nitrogens is 2. The summed E-state index contributed by atoms with van der Waals surface area (Å²) in [6.07, 6.45) is 6.62. The number of hydrogen-bond acceptors (Lipinski definition) is 2. The summed E-state index contributed by atoms with van der Waals surface area (Å²) in [4.78, 5) is 11.9. The van der Waals surface area contributed by atoms with Gasteiger partial charge in [-0.1, -0.05) is 13.8 Å². The molecular formula is C14H23N3O. The van der Waals surface area contributed by atoms with Crippen LogP contribution in [0.4, 0.5) is 0 Å². The van der Waals surface area contributed by atoms with Crippen molar-refractivity contribution in [2.24, 2.45) is 18.4 Å². The minimum Gasteiger partial charge on any atom is -0.350 e. The maximum Gasteiger partial charge on any atom is 0.269 e. The minimum absolute atomic E-state index is 0.0140. The Labute approximate surface area is 109 Å². The van der Waals surface area contributed by atoms with Crippen molar-refractivity contribution in [3.63, 3.8) is 0 Å². The summed E-state index contributed by atoms with van der Waals surface area (Å²) < 4.78 is 1.61. The Morgan fingerprint density at radius 1 is 1.50 bits per heavy atom. The van der Waals surface area contributed by atoms with E-state index in [0.717, 1.165) is 6.54 Å². The van der Waals surface area contributed by atoms with Crippen LogP contribution in [0.15, 0.2) is 12.3 Å². The predicted octanol–water partition coefficient (Wildman–Crippen LogP) is 2.37. The molecule has 1 saturated carbocycles. The van der Waals surface area contributed by atoms with Crippen molar-refractivity contribution in [2.75, 3.05) is 6.54 Å². The number of carbonyl (C=O) groups is 1. The van der Waals surface area contributed by atoms with E-state index in [1.54, 1.807) is 24.0 Å². The van der Waals surface area contributed by atoms with E-state index in [-0.39, 0.29) is 5.91 Å². The van der Waals surface area contributed by atoms with E-state index in [1.165, 1.54) is 25.7 Å². The summed E-state index contributed by atoms with van der Waals surface area (Å²) in [6, 6.07) is 1.75. The van der Waals surface area contributed by atoms with Gasteiger partial charge in [-0.2, -0.15) is 5.10 Å². The third kappa shape index (κ3) is 3.12. The molecule has 1 N–H and O–H groups in total. The van der Waals surface area contributed by atoms with Crippen LogP contribution >= 0.6 is 0 Å². The molecule has 0 aromatic carbocycles. The molecule has 1 amide bonds. The summed E-state index contributed by atoms with van der Waals surface area (Å²) in [5.74, 6) is 0.620. The maximum absolute atomic E-state index is 11.9. The van der Waals surface area contributed by atoms with Crippen LogP contribution in [0.1, 0.15) is 50.0 Å². The van der Waals surface area contributed by atoms with Gasteiger partial charge in [0, 0.05) is 19.8 Å². The molecule has 0 bridgehead atoms. The molecule has 0 radical (unpaired) electrons. The second-order valence-electron chi connectivity index (χ2n) is 6.16. The van der Waals surface area contributed by atoms with Gasteiger partial charge in [0.1, 0.15) is 5.69 Å². The van der Waals surface area contributed by atoms with E-state index in [4.69, 9.17) is 0 Å². The first-order valence-corrected chi connectivity index (χ1v) is 6.74. The Kier molecular flexibility index (Phi) is 3.73. The lowest BCUT2D eigenvalue weighted by Crippen LogP contribution is -2.33. The SMILES string of the molecule is Cn1nccc1C(=O)NCC1CCC(C)(C)CC1. The Morgan fingerprint density at radius 2 is 2.17 bits per heavy atom. The van der Waals surface area contributed by atoms with Crippen LogP contribution in [-0.4, -0.2) is 22.2 Å². The highest BCUT2D eigenvalue weighted by atomic mass is 16.2. The molecule has 1 aliphatic carbocycles. The molecule has 0 saturated heterocycles. The Bertz CT molecular complexity index is 412. The molecule has 4 nitrogen and oxygen atoms in total. The standard InChI is InChI=1S/C14H23N3O/c1-14(2)7-4-11(5-8-14)10-15-13(18)12-6-9-16-17(12)3/h6,9,11H,4-5,7-8,10H2,1-3H3,(H,15,18). The summed E-state index contributed by atoms with van der Waals surface area (Å²) in [5, 5.41) is 7.03. The fraction of sp³-hybridized carbons (Fsp3) is 0.714. The Hall–Kier alpha value is -1.32. The summed E-state index contributed by atoms with van der Waals surface area (Å²) in [7, 11) is 1.79. The van der Waals surface area contributed by atoms with E-state index in [1.807, 2.05) is 0 Å². The van der Waals surface area contributed by atoms with Gasteiger partial charge in [-0.15, -0.1) is 0 Å². The number of carbonyl (C=O) groups excluding carboxylic acids is 1. The van der Waals surface area contributed by atoms with Crippen molar-refractivity contribution >= 4 is 5.91 Å². The van der Waals surface area contributed by atoms with Gasteiger partial charge >= 0.3 is 0 Å². The highest BCUT2D eigenvalue weighted by molar-refractivity contribution is 5.92. The lowest BCUT2D eigenvalue weighted by atomic mass is 9.73. The van der Waals surface area contributed by atoms with E-state index in [2.05, 4.69) is 24.3 Å². The smallest absolute Gasteiger partial charge is 0.269 e. The van der Waals surface area contributed by atoms with Crippen molar-refractivity contribution in [1.29, 1.82) is 0 Å². The van der Waals surface area contributed by atoms with Gasteiger partial charge < -0.3 is 5.32 Å². The van der Waals surface area contributed by atoms with Gasteiger partial charge in [-0.05, 0) is 43.1 Å². The highest BCUT2D eigenvalue weighted by Gasteiger charge is 2.26. The molecule has 4 heteroatoms. The predicted molar refractivity (Wildman–Crippen MR) is 71.3 cm³/mol. The lowest BCUT2D eigenvalue weighted by molar-refractivity contribution is 0.0927. The topological polar surface area (TPSA) is 46.9 Å². The number of aryl methyl sites for hydroxylation is 1. The molecule has 0 atom stereocenters. The number of nitrogens with zero attached hydrogens (tertiary/aromatic N) is 2. The first kappa shape index (κ1) is 13.1. The molecule has 0 spiro atoms. The molecule has 1 aromatic heterocycles. The van der Waals surface area contributed by atoms with Gasteiger partial charge in [0.05, 0.1) is 0 Å². The van der Waals surface area contributed by atoms with Crippen molar-refractivity contribution < 1.29 is 4.79 Å². The van der Waals surface area contributed by atoms with Gasteiger partial charge in [-0.25, -0.2) is 0 Å². The van der Waals surface area contributed by atoms with Gasteiger partial charge in [0.15, 0.2) is 0 Å². The maximum atomic E-state index is 11.9. The molecular weight excluding hydrogens is 226 g/mol. The van der Waals surface area contributed by atoms with E-state index >= 15 is 0 Å². The van der Waals surface area contributed by atoms with Crippen LogP contribution in [0, 0.1) is 11.3 Å². The fourth-order valence-electron chi connectivity index (χ4n) is 2.59. The fourth-order valence-corrected chi connectivity index (χ4v) is 2.59. The third-order valence-electron chi connectivity index (χ3n) is 4.06. The average Bonchev–Trinajstić information content (AvgIpc) is 2.74. The zero-order valence-corrected chi connectivity index (χ0v) is 11.6. The summed E-state index contributed by atoms with van der Waals surface area (Å²) in [5.41, 5.74) is 1.12. The molecule has 100 valence electrons. The Balaban J connectivity index is 1.79. The van der Waals surface area contributed by atoms with E-state index in [9.17, 15) is 4.79 Å². The summed E-state index contributed by atoms with van der Waals surface area (Å²) in [6.45, 7) is 5.45.